The molecule has 4 rings (SSSR count). The van der Waals surface area contributed by atoms with Gasteiger partial charge in [0.25, 0.3) is 0 Å². The van der Waals surface area contributed by atoms with Crippen molar-refractivity contribution in [3.63, 3.8) is 0 Å². The fourth-order valence-corrected chi connectivity index (χ4v) is 5.63. The molecule has 0 saturated carbocycles. The molecule has 0 spiro atoms. The van der Waals surface area contributed by atoms with Crippen LogP contribution in [-0.2, 0) is 27.7 Å². The lowest BCUT2D eigenvalue weighted by atomic mass is 9.92. The molecule has 2 aromatic carbocycles. The van der Waals surface area contributed by atoms with Crippen molar-refractivity contribution in [1.82, 2.24) is 9.62 Å². The first-order valence-electron chi connectivity index (χ1n) is 10.1. The smallest absolute Gasteiger partial charge is 0.243 e. The predicted molar refractivity (Wildman–Crippen MR) is 118 cm³/mol. The number of nitrogens with one attached hydrogen (secondary N) is 1. The first-order chi connectivity index (χ1) is 14.9. The number of carbonyl (C=O) groups is 1. The molecular weight excluding hydrogens is 436 g/mol. The Morgan fingerprint density at radius 1 is 1.10 bits per heavy atom. The van der Waals surface area contributed by atoms with E-state index in [9.17, 15) is 13.2 Å². The van der Waals surface area contributed by atoms with E-state index in [-0.39, 0.29) is 17.2 Å². The zero-order valence-corrected chi connectivity index (χ0v) is 18.4. The topological polar surface area (TPSA) is 79.6 Å². The Hall–Kier alpha value is -2.61. The van der Waals surface area contributed by atoms with Crippen LogP contribution in [0.5, 0.6) is 0 Å². The van der Waals surface area contributed by atoms with Crippen LogP contribution in [0, 0.1) is 0 Å². The molecule has 6 nitrogen and oxygen atoms in total. The van der Waals surface area contributed by atoms with Gasteiger partial charge in [0.1, 0.15) is 5.76 Å². The van der Waals surface area contributed by atoms with Crippen LogP contribution < -0.4 is 5.32 Å². The lowest BCUT2D eigenvalue weighted by molar-refractivity contribution is -0.122. The van der Waals surface area contributed by atoms with E-state index < -0.39 is 16.1 Å². The van der Waals surface area contributed by atoms with Crippen LogP contribution >= 0.6 is 11.6 Å². The van der Waals surface area contributed by atoms with Crippen LogP contribution in [0.15, 0.2) is 76.2 Å². The van der Waals surface area contributed by atoms with Gasteiger partial charge in [0, 0.05) is 31.0 Å². The van der Waals surface area contributed by atoms with E-state index in [1.54, 1.807) is 24.5 Å². The number of halogens is 1. The first-order valence-corrected chi connectivity index (χ1v) is 11.9. The number of fused-ring (bicyclic) bond motifs is 1. The summed E-state index contributed by atoms with van der Waals surface area (Å²) in [6.45, 7) is 0.733. The van der Waals surface area contributed by atoms with Gasteiger partial charge in [-0.2, -0.15) is 4.31 Å². The quantitative estimate of drug-likeness (QED) is 0.581. The molecule has 0 bridgehead atoms. The average Bonchev–Trinajstić information content (AvgIpc) is 3.27. The molecule has 1 atom stereocenters. The van der Waals surface area contributed by atoms with E-state index >= 15 is 0 Å². The van der Waals surface area contributed by atoms with Crippen LogP contribution in [0.25, 0.3) is 0 Å². The van der Waals surface area contributed by atoms with Gasteiger partial charge in [0.2, 0.25) is 15.9 Å². The minimum Gasteiger partial charge on any atom is -0.469 e. The lowest BCUT2D eigenvalue weighted by Gasteiger charge is -2.36. The largest absolute Gasteiger partial charge is 0.469 e. The Balaban J connectivity index is 1.56. The third-order valence-electron chi connectivity index (χ3n) is 5.44. The van der Waals surface area contributed by atoms with Crippen molar-refractivity contribution in [3.8, 4) is 0 Å². The first kappa shape index (κ1) is 21.6. The molecular formula is C23H23ClN2O4S. The number of amides is 1. The van der Waals surface area contributed by atoms with Crippen LogP contribution in [0.3, 0.4) is 0 Å². The van der Waals surface area contributed by atoms with E-state index in [2.05, 4.69) is 5.32 Å². The normalized spacial score (nSPS) is 16.6. The van der Waals surface area contributed by atoms with E-state index in [0.717, 1.165) is 16.9 Å². The predicted octanol–water partition coefficient (Wildman–Crippen LogP) is 3.97. The van der Waals surface area contributed by atoms with E-state index in [1.807, 2.05) is 30.3 Å². The fourth-order valence-electron chi connectivity index (χ4n) is 3.90. The van der Waals surface area contributed by atoms with Crippen molar-refractivity contribution in [2.75, 3.05) is 13.1 Å². The molecule has 0 radical (unpaired) electrons. The molecule has 2 heterocycles. The van der Waals surface area contributed by atoms with Crippen LogP contribution in [0.1, 0.15) is 29.3 Å². The van der Waals surface area contributed by atoms with Gasteiger partial charge in [-0.3, -0.25) is 4.79 Å². The molecule has 0 unspecified atom stereocenters. The number of sulfonamides is 1. The van der Waals surface area contributed by atoms with Gasteiger partial charge >= 0.3 is 0 Å². The molecule has 0 aliphatic carbocycles. The summed E-state index contributed by atoms with van der Waals surface area (Å²) in [7, 11) is -3.79. The van der Waals surface area contributed by atoms with Crippen molar-refractivity contribution in [2.24, 2.45) is 0 Å². The molecule has 31 heavy (non-hydrogen) atoms. The maximum atomic E-state index is 13.4. The van der Waals surface area contributed by atoms with Crippen molar-refractivity contribution in [1.29, 1.82) is 0 Å². The number of furan rings is 1. The summed E-state index contributed by atoms with van der Waals surface area (Å²) in [5, 5.41) is 3.35. The fraction of sp³-hybridized carbons (Fsp3) is 0.261. The molecule has 1 aliphatic rings. The number of hydrogen-bond donors (Lipinski definition) is 1. The Kier molecular flexibility index (Phi) is 6.46. The summed E-state index contributed by atoms with van der Waals surface area (Å²) in [5.41, 5.74) is 1.94. The molecule has 3 aromatic rings. The average molecular weight is 459 g/mol. The molecule has 8 heteroatoms. The van der Waals surface area contributed by atoms with Gasteiger partial charge in [-0.25, -0.2) is 8.42 Å². The summed E-state index contributed by atoms with van der Waals surface area (Å²) in [6.07, 6.45) is 2.81. The number of nitrogens with zero attached hydrogens (tertiary/aromatic N) is 1. The molecule has 1 aliphatic heterocycles. The monoisotopic (exact) mass is 458 g/mol. The lowest BCUT2D eigenvalue weighted by Crippen LogP contribution is -2.42. The third kappa shape index (κ3) is 4.84. The highest BCUT2D eigenvalue weighted by Crippen LogP contribution is 2.36. The Labute approximate surface area is 186 Å². The Morgan fingerprint density at radius 2 is 1.87 bits per heavy atom. The summed E-state index contributed by atoms with van der Waals surface area (Å²) in [6, 6.07) is 16.9. The summed E-state index contributed by atoms with van der Waals surface area (Å²) >= 11 is 5.93. The number of carbonyl (C=O) groups excluding carboxylic acids is 1. The zero-order valence-electron chi connectivity index (χ0n) is 16.8. The number of rotatable bonds is 7. The maximum absolute atomic E-state index is 13.4. The van der Waals surface area contributed by atoms with Crippen molar-refractivity contribution in [3.05, 3.63) is 88.8 Å². The SMILES string of the molecule is O=C(C[C@@H]1c2ccccc2CCN1S(=O)(=O)c1ccc(Cl)cc1)NCCc1ccco1. The zero-order chi connectivity index (χ0) is 21.8. The van der Waals surface area contributed by atoms with Gasteiger partial charge in [0.05, 0.1) is 17.2 Å². The van der Waals surface area contributed by atoms with Crippen molar-refractivity contribution >= 4 is 27.5 Å². The minimum absolute atomic E-state index is 0.0436. The standard InChI is InChI=1S/C23H23ClN2O4S/c24-18-7-9-20(10-8-18)31(28,29)26-14-12-17-4-1-2-6-21(17)22(26)16-23(27)25-13-11-19-5-3-15-30-19/h1-10,15,22H,11-14,16H2,(H,25,27)/t22-/m1/s1. The molecule has 0 fully saturated rings. The maximum Gasteiger partial charge on any atom is 0.243 e. The minimum atomic E-state index is -3.79. The van der Waals surface area contributed by atoms with Gasteiger partial charge in [-0.05, 0) is 53.9 Å². The number of hydrogen-bond acceptors (Lipinski definition) is 4. The van der Waals surface area contributed by atoms with Crippen LogP contribution in [-0.4, -0.2) is 31.7 Å². The highest BCUT2D eigenvalue weighted by Gasteiger charge is 2.37. The number of benzene rings is 2. The third-order valence-corrected chi connectivity index (χ3v) is 7.61. The summed E-state index contributed by atoms with van der Waals surface area (Å²) in [5.74, 6) is 0.583. The summed E-state index contributed by atoms with van der Waals surface area (Å²) in [4.78, 5) is 12.9. The van der Waals surface area contributed by atoms with Crippen molar-refractivity contribution in [2.45, 2.75) is 30.2 Å². The molecule has 1 aromatic heterocycles. The van der Waals surface area contributed by atoms with Gasteiger partial charge in [0.15, 0.2) is 0 Å². The molecule has 1 amide bonds. The second-order valence-electron chi connectivity index (χ2n) is 7.42. The van der Waals surface area contributed by atoms with E-state index in [1.165, 1.54) is 16.4 Å². The van der Waals surface area contributed by atoms with E-state index in [0.29, 0.717) is 31.0 Å². The highest BCUT2D eigenvalue weighted by molar-refractivity contribution is 7.89. The van der Waals surface area contributed by atoms with Gasteiger partial charge < -0.3 is 9.73 Å². The second-order valence-corrected chi connectivity index (χ2v) is 9.74. The Morgan fingerprint density at radius 3 is 2.61 bits per heavy atom. The highest BCUT2D eigenvalue weighted by atomic mass is 35.5. The molecule has 1 N–H and O–H groups in total. The van der Waals surface area contributed by atoms with Crippen LogP contribution in [0.2, 0.25) is 5.02 Å². The molecule has 162 valence electrons. The summed E-state index contributed by atoms with van der Waals surface area (Å²) < 4.78 is 33.5. The van der Waals surface area contributed by atoms with Gasteiger partial charge in [-0.1, -0.05) is 35.9 Å². The molecule has 0 saturated heterocycles. The van der Waals surface area contributed by atoms with E-state index in [4.69, 9.17) is 16.0 Å². The van der Waals surface area contributed by atoms with Crippen LogP contribution in [0.4, 0.5) is 0 Å². The van der Waals surface area contributed by atoms with Crippen molar-refractivity contribution < 1.29 is 17.6 Å². The second kappa shape index (κ2) is 9.26. The Bertz CT molecular complexity index is 1140. The van der Waals surface area contributed by atoms with Gasteiger partial charge in [-0.15, -0.1) is 0 Å².